The Morgan fingerprint density at radius 2 is 2.04 bits per heavy atom. The van der Waals surface area contributed by atoms with Crippen molar-refractivity contribution < 1.29 is 12.8 Å². The number of aromatic nitrogens is 3. The molecule has 3 heterocycles. The third-order valence-electron chi connectivity index (χ3n) is 4.00. The van der Waals surface area contributed by atoms with Gasteiger partial charge >= 0.3 is 0 Å². The molecule has 7 nitrogen and oxygen atoms in total. The predicted molar refractivity (Wildman–Crippen MR) is 99.2 cm³/mol. The normalized spacial score (nSPS) is 14.9. The number of hydrogen-bond acceptors (Lipinski definition) is 8. The van der Waals surface area contributed by atoms with Crippen LogP contribution in [0.3, 0.4) is 0 Å². The lowest BCUT2D eigenvalue weighted by molar-refractivity contribution is 0.571. The minimum absolute atomic E-state index is 0.00621. The third-order valence-corrected chi connectivity index (χ3v) is 7.31. The molecule has 0 radical (unpaired) electrons. The third kappa shape index (κ3) is 3.60. The van der Waals surface area contributed by atoms with Crippen molar-refractivity contribution in [3.8, 4) is 11.5 Å². The summed E-state index contributed by atoms with van der Waals surface area (Å²) in [5, 5.41) is 9.10. The van der Waals surface area contributed by atoms with Crippen LogP contribution in [0.15, 0.2) is 39.3 Å². The van der Waals surface area contributed by atoms with Crippen LogP contribution >= 0.6 is 22.9 Å². The second-order valence-electron chi connectivity index (χ2n) is 5.96. The molecule has 0 atom stereocenters. The fourth-order valence-electron chi connectivity index (χ4n) is 2.75. The van der Waals surface area contributed by atoms with Crippen molar-refractivity contribution >= 4 is 37.9 Å². The number of halogens is 1. The van der Waals surface area contributed by atoms with Crippen LogP contribution < -0.4 is 4.90 Å². The van der Waals surface area contributed by atoms with E-state index in [1.54, 1.807) is 24.3 Å². The number of rotatable bonds is 5. The van der Waals surface area contributed by atoms with E-state index in [1.807, 2.05) is 0 Å². The molecule has 1 aromatic carbocycles. The average Bonchev–Trinajstić information content (AvgIpc) is 3.35. The summed E-state index contributed by atoms with van der Waals surface area (Å²) in [5.41, 5.74) is 1.01. The van der Waals surface area contributed by atoms with E-state index in [2.05, 4.69) is 20.1 Å². The summed E-state index contributed by atoms with van der Waals surface area (Å²) < 4.78 is 30.6. The van der Waals surface area contributed by atoms with Crippen molar-refractivity contribution in [2.75, 3.05) is 18.0 Å². The maximum atomic E-state index is 12.6. The van der Waals surface area contributed by atoms with E-state index in [9.17, 15) is 8.42 Å². The van der Waals surface area contributed by atoms with E-state index >= 15 is 0 Å². The first-order valence-electron chi connectivity index (χ1n) is 8.03. The van der Waals surface area contributed by atoms with E-state index in [0.717, 1.165) is 37.3 Å². The highest BCUT2D eigenvalue weighted by molar-refractivity contribution is 7.92. The Balaban J connectivity index is 1.53. The molecular weight excluding hydrogens is 396 g/mol. The topological polar surface area (TPSA) is 89.2 Å². The van der Waals surface area contributed by atoms with Crippen LogP contribution in [0, 0.1) is 0 Å². The highest BCUT2D eigenvalue weighted by atomic mass is 35.5. The molecule has 0 unspecified atom stereocenters. The van der Waals surface area contributed by atoms with Crippen molar-refractivity contribution in [1.82, 2.24) is 15.2 Å². The molecule has 1 saturated heterocycles. The zero-order valence-corrected chi connectivity index (χ0v) is 16.0. The van der Waals surface area contributed by atoms with E-state index < -0.39 is 9.84 Å². The van der Waals surface area contributed by atoms with Gasteiger partial charge in [0.2, 0.25) is 25.2 Å². The van der Waals surface area contributed by atoms with Crippen LogP contribution in [0.25, 0.3) is 11.5 Å². The highest BCUT2D eigenvalue weighted by Gasteiger charge is 2.25. The fraction of sp³-hybridized carbons (Fsp3) is 0.312. The summed E-state index contributed by atoms with van der Waals surface area (Å²) in [7, 11) is -3.63. The van der Waals surface area contributed by atoms with Crippen LogP contribution in [0.4, 0.5) is 5.13 Å². The molecule has 0 saturated carbocycles. The maximum absolute atomic E-state index is 12.6. The van der Waals surface area contributed by atoms with Crippen LogP contribution in [0.2, 0.25) is 5.02 Å². The lowest BCUT2D eigenvalue weighted by atomic mass is 10.2. The minimum atomic E-state index is -3.63. The lowest BCUT2D eigenvalue weighted by Crippen LogP contribution is -2.17. The van der Waals surface area contributed by atoms with Crippen molar-refractivity contribution in [1.29, 1.82) is 0 Å². The van der Waals surface area contributed by atoms with Gasteiger partial charge in [0.1, 0.15) is 12.0 Å². The second-order valence-corrected chi connectivity index (χ2v) is 9.51. The first kappa shape index (κ1) is 17.4. The van der Waals surface area contributed by atoms with Crippen molar-refractivity contribution in [2.24, 2.45) is 0 Å². The van der Waals surface area contributed by atoms with Gasteiger partial charge in [-0.25, -0.2) is 13.4 Å². The molecule has 1 aliphatic heterocycles. The molecular formula is C16H15ClN4O3S2. The SMILES string of the molecule is O=S(=O)(Cc1coc(-c2cccc(Cl)c2)n1)c1nnc(N2CCCC2)s1. The van der Waals surface area contributed by atoms with Gasteiger partial charge in [0.15, 0.2) is 0 Å². The quantitative estimate of drug-likeness (QED) is 0.636. The molecule has 0 N–H and O–H groups in total. The fourth-order valence-corrected chi connectivity index (χ4v) is 5.29. The van der Waals surface area contributed by atoms with Gasteiger partial charge in [-0.15, -0.1) is 10.2 Å². The van der Waals surface area contributed by atoms with Gasteiger partial charge in [-0.05, 0) is 31.0 Å². The van der Waals surface area contributed by atoms with Crippen molar-refractivity contribution in [3.63, 3.8) is 0 Å². The van der Waals surface area contributed by atoms with Crippen LogP contribution in [-0.2, 0) is 15.6 Å². The molecule has 3 aromatic rings. The first-order valence-corrected chi connectivity index (χ1v) is 10.9. The average molecular weight is 411 g/mol. The summed E-state index contributed by atoms with van der Waals surface area (Å²) in [6.45, 7) is 1.78. The predicted octanol–water partition coefficient (Wildman–Crippen LogP) is 3.42. The summed E-state index contributed by atoms with van der Waals surface area (Å²) in [5.74, 6) is 0.0406. The zero-order valence-electron chi connectivity index (χ0n) is 13.6. The molecule has 0 spiro atoms. The van der Waals surface area contributed by atoms with Crippen LogP contribution in [0.1, 0.15) is 18.5 Å². The zero-order chi connectivity index (χ0) is 18.1. The Morgan fingerprint density at radius 3 is 2.81 bits per heavy atom. The molecule has 2 aromatic heterocycles. The van der Waals surface area contributed by atoms with Crippen LogP contribution in [-0.4, -0.2) is 36.7 Å². The van der Waals surface area contributed by atoms with Gasteiger partial charge in [-0.2, -0.15) is 0 Å². The standard InChI is InChI=1S/C16H15ClN4O3S2/c17-12-5-3-4-11(8-12)14-18-13(9-24-14)10-26(22,23)16-20-19-15(25-16)21-6-1-2-7-21/h3-5,8-9H,1-2,6-7,10H2. The monoisotopic (exact) mass is 410 g/mol. The summed E-state index contributed by atoms with van der Waals surface area (Å²) in [4.78, 5) is 6.32. The molecule has 10 heteroatoms. The second kappa shape index (κ2) is 6.98. The van der Waals surface area contributed by atoms with E-state index in [0.29, 0.717) is 27.3 Å². The van der Waals surface area contributed by atoms with E-state index in [1.165, 1.54) is 6.26 Å². The Morgan fingerprint density at radius 1 is 1.23 bits per heavy atom. The van der Waals surface area contributed by atoms with E-state index in [-0.39, 0.29) is 10.1 Å². The number of sulfone groups is 1. The Labute approximate surface area is 159 Å². The van der Waals surface area contributed by atoms with Crippen molar-refractivity contribution in [3.05, 3.63) is 41.2 Å². The number of nitrogens with zero attached hydrogens (tertiary/aromatic N) is 4. The molecule has 0 amide bonds. The Kier molecular flexibility index (Phi) is 4.68. The van der Waals surface area contributed by atoms with Gasteiger partial charge < -0.3 is 9.32 Å². The molecule has 1 aliphatic rings. The van der Waals surface area contributed by atoms with Gasteiger partial charge in [0.05, 0.1) is 5.69 Å². The van der Waals surface area contributed by atoms with Gasteiger partial charge in [0.25, 0.3) is 0 Å². The molecule has 0 aliphatic carbocycles. The number of benzene rings is 1. The number of hydrogen-bond donors (Lipinski definition) is 0. The van der Waals surface area contributed by atoms with Crippen LogP contribution in [0.5, 0.6) is 0 Å². The molecule has 4 rings (SSSR count). The number of oxazole rings is 1. The van der Waals surface area contributed by atoms with Gasteiger partial charge in [0, 0.05) is 23.7 Å². The number of anilines is 1. The first-order chi connectivity index (χ1) is 12.5. The lowest BCUT2D eigenvalue weighted by Gasteiger charge is -2.10. The van der Waals surface area contributed by atoms with Gasteiger partial charge in [-0.3, -0.25) is 0 Å². The smallest absolute Gasteiger partial charge is 0.234 e. The highest BCUT2D eigenvalue weighted by Crippen LogP contribution is 2.29. The summed E-state index contributed by atoms with van der Waals surface area (Å²) in [6.07, 6.45) is 3.52. The largest absolute Gasteiger partial charge is 0.444 e. The molecule has 1 fully saturated rings. The maximum Gasteiger partial charge on any atom is 0.234 e. The van der Waals surface area contributed by atoms with Crippen molar-refractivity contribution in [2.45, 2.75) is 22.9 Å². The summed E-state index contributed by atoms with van der Waals surface area (Å²) in [6, 6.07) is 7.02. The van der Waals surface area contributed by atoms with Gasteiger partial charge in [-0.1, -0.05) is 29.0 Å². The molecule has 26 heavy (non-hydrogen) atoms. The minimum Gasteiger partial charge on any atom is -0.444 e. The van der Waals surface area contributed by atoms with E-state index in [4.69, 9.17) is 16.0 Å². The molecule has 0 bridgehead atoms. The Bertz CT molecular complexity index is 1030. The molecule has 136 valence electrons. The Hall–Kier alpha value is -1.97. The summed E-state index contributed by atoms with van der Waals surface area (Å²) >= 11 is 7.06.